The normalized spacial score (nSPS) is 20.3. The number of hydrogen-bond acceptors (Lipinski definition) is 6. The highest BCUT2D eigenvalue weighted by atomic mass is 32.2. The van der Waals surface area contributed by atoms with E-state index in [1.807, 2.05) is 24.3 Å². The third-order valence-electron chi connectivity index (χ3n) is 7.30. The maximum Gasteiger partial charge on any atom is 0.253 e. The van der Waals surface area contributed by atoms with Crippen molar-refractivity contribution in [3.05, 3.63) is 94.1 Å². The maximum absolute atomic E-state index is 13.8. The number of hydrogen-bond donors (Lipinski definition) is 0. The first-order valence-corrected chi connectivity index (χ1v) is 14.5. The first kappa shape index (κ1) is 24.1. The maximum atomic E-state index is 13.8. The quantitative estimate of drug-likeness (QED) is 0.204. The zero-order valence-corrected chi connectivity index (χ0v) is 22.6. The molecule has 0 bridgehead atoms. The van der Waals surface area contributed by atoms with Crippen molar-refractivity contribution in [2.45, 2.75) is 44.2 Å². The number of thiophene rings is 1. The highest BCUT2D eigenvalue weighted by Crippen LogP contribution is 2.45. The van der Waals surface area contributed by atoms with Crippen molar-refractivity contribution in [3.63, 3.8) is 0 Å². The molecule has 1 saturated carbocycles. The summed E-state index contributed by atoms with van der Waals surface area (Å²) in [4.78, 5) is 25.0. The minimum absolute atomic E-state index is 0.0104. The highest BCUT2D eigenvalue weighted by Gasteiger charge is 2.43. The smallest absolute Gasteiger partial charge is 0.253 e. The van der Waals surface area contributed by atoms with Gasteiger partial charge in [-0.1, -0.05) is 72.4 Å². The molecule has 0 radical (unpaired) electrons. The largest absolute Gasteiger partial charge is 0.272 e. The number of nitrogens with zero attached hydrogens (tertiary/aromatic N) is 4. The van der Waals surface area contributed by atoms with E-state index in [0.717, 1.165) is 45.8 Å². The van der Waals surface area contributed by atoms with Gasteiger partial charge in [0.2, 0.25) is 0 Å². The predicted molar refractivity (Wildman–Crippen MR) is 153 cm³/mol. The molecule has 2 aromatic heterocycles. The topological polar surface area (TPSA) is 58.5 Å². The van der Waals surface area contributed by atoms with Crippen molar-refractivity contribution in [2.75, 3.05) is 5.75 Å². The molecule has 4 aromatic rings. The Balaban J connectivity index is 1.32. The molecular weight excluding hydrogens is 496 g/mol. The van der Waals surface area contributed by atoms with E-state index in [9.17, 15) is 4.79 Å². The molecule has 1 aliphatic carbocycles. The van der Waals surface area contributed by atoms with Crippen molar-refractivity contribution >= 4 is 51.0 Å². The first-order valence-electron chi connectivity index (χ1n) is 12.6. The second-order valence-corrected chi connectivity index (χ2v) is 11.8. The lowest BCUT2D eigenvalue weighted by Gasteiger charge is -2.29. The summed E-state index contributed by atoms with van der Waals surface area (Å²) in [5.41, 5.74) is 5.82. The third kappa shape index (κ3) is 4.62. The van der Waals surface area contributed by atoms with E-state index in [1.54, 1.807) is 22.7 Å². The van der Waals surface area contributed by atoms with Gasteiger partial charge in [0.05, 0.1) is 17.5 Å². The molecule has 2 atom stereocenters. The van der Waals surface area contributed by atoms with E-state index in [4.69, 9.17) is 5.10 Å². The summed E-state index contributed by atoms with van der Waals surface area (Å²) < 4.78 is 0. The summed E-state index contributed by atoms with van der Waals surface area (Å²) in [5, 5.41) is 8.72. The molecule has 2 aliphatic rings. The Hall–Kier alpha value is -3.29. The van der Waals surface area contributed by atoms with Crippen LogP contribution < -0.4 is 0 Å². The van der Waals surface area contributed by atoms with Gasteiger partial charge >= 0.3 is 0 Å². The third-order valence-corrected chi connectivity index (χ3v) is 9.39. The van der Waals surface area contributed by atoms with E-state index in [-0.39, 0.29) is 23.6 Å². The molecule has 186 valence electrons. The van der Waals surface area contributed by atoms with Gasteiger partial charge in [0.15, 0.2) is 0 Å². The van der Waals surface area contributed by atoms with Gasteiger partial charge in [0.25, 0.3) is 5.91 Å². The summed E-state index contributed by atoms with van der Waals surface area (Å²) in [5.74, 6) is 0.495. The number of aromatic nitrogens is 2. The summed E-state index contributed by atoms with van der Waals surface area (Å²) >= 11 is 3.16. The van der Waals surface area contributed by atoms with Gasteiger partial charge in [-0.15, -0.1) is 11.3 Å². The zero-order chi connectivity index (χ0) is 25.4. The van der Waals surface area contributed by atoms with E-state index in [0.29, 0.717) is 0 Å². The molecule has 37 heavy (non-hydrogen) atoms. The Labute approximate surface area is 225 Å². The minimum Gasteiger partial charge on any atom is -0.272 e. The van der Waals surface area contributed by atoms with Gasteiger partial charge in [0.1, 0.15) is 16.2 Å². The van der Waals surface area contributed by atoms with Gasteiger partial charge in [-0.3, -0.25) is 4.79 Å². The van der Waals surface area contributed by atoms with E-state index < -0.39 is 0 Å². The van der Waals surface area contributed by atoms with Crippen LogP contribution in [-0.4, -0.2) is 32.3 Å². The van der Waals surface area contributed by atoms with Crippen LogP contribution in [0, 0.1) is 19.8 Å². The first-order chi connectivity index (χ1) is 18.1. The van der Waals surface area contributed by atoms with Crippen LogP contribution in [0.1, 0.15) is 46.9 Å². The van der Waals surface area contributed by atoms with Gasteiger partial charge in [-0.25, -0.2) is 15.0 Å². The van der Waals surface area contributed by atoms with Gasteiger partial charge in [-0.05, 0) is 61.4 Å². The molecule has 0 spiro atoms. The molecule has 6 rings (SSSR count). The van der Waals surface area contributed by atoms with Crippen LogP contribution >= 0.6 is 23.1 Å². The molecule has 3 heterocycles. The van der Waals surface area contributed by atoms with Crippen LogP contribution in [0.25, 0.3) is 16.3 Å². The fraction of sp³-hybridized carbons (Fsp3) is 0.267. The van der Waals surface area contributed by atoms with Gasteiger partial charge < -0.3 is 0 Å². The van der Waals surface area contributed by atoms with Crippen molar-refractivity contribution < 1.29 is 4.79 Å². The average molecular weight is 525 g/mol. The average Bonchev–Trinajstić information content (AvgIpc) is 3.46. The molecule has 1 amide bonds. The molecule has 7 heteroatoms. The molecule has 1 fully saturated rings. The molecule has 2 unspecified atom stereocenters. The molecule has 5 nitrogen and oxygen atoms in total. The second kappa shape index (κ2) is 10.2. The van der Waals surface area contributed by atoms with E-state index in [1.165, 1.54) is 33.3 Å². The van der Waals surface area contributed by atoms with Crippen LogP contribution in [0.3, 0.4) is 0 Å². The monoisotopic (exact) mass is 524 g/mol. The number of rotatable bonds is 5. The summed E-state index contributed by atoms with van der Waals surface area (Å²) in [6.45, 7) is 4.21. The molecule has 0 N–H and O–H groups in total. The number of hydrazone groups is 1. The number of carbonyl (C=O) groups excluding carboxylic acids is 1. The Bertz CT molecular complexity index is 1510. The van der Waals surface area contributed by atoms with Crippen molar-refractivity contribution in [1.29, 1.82) is 0 Å². The molecular formula is C30H28N4OS2. The lowest BCUT2D eigenvalue weighted by atomic mass is 9.77. The van der Waals surface area contributed by atoms with E-state index >= 15 is 0 Å². The van der Waals surface area contributed by atoms with Gasteiger partial charge in [-0.2, -0.15) is 5.10 Å². The molecule has 0 saturated heterocycles. The van der Waals surface area contributed by atoms with Crippen molar-refractivity contribution in [2.24, 2.45) is 11.0 Å². The van der Waals surface area contributed by atoms with Crippen LogP contribution in [0.5, 0.6) is 0 Å². The Morgan fingerprint density at radius 1 is 1.08 bits per heavy atom. The SMILES string of the molecule is Cc1sc2ncnc(SCC(=O)N3N=C4/C(=C/c5ccccc5)CCCC4C3c3ccccc3)c2c1C. The van der Waals surface area contributed by atoms with Crippen LogP contribution in [0.4, 0.5) is 0 Å². The summed E-state index contributed by atoms with van der Waals surface area (Å²) in [7, 11) is 0. The molecule has 1 aliphatic heterocycles. The number of fused-ring (bicyclic) bond motifs is 2. The van der Waals surface area contributed by atoms with Crippen LogP contribution in [-0.2, 0) is 4.79 Å². The Morgan fingerprint density at radius 2 is 1.84 bits per heavy atom. The number of carbonyl (C=O) groups is 1. The van der Waals surface area contributed by atoms with Crippen LogP contribution in [0.15, 0.2) is 82.7 Å². The Morgan fingerprint density at radius 3 is 2.62 bits per heavy atom. The fourth-order valence-electron chi connectivity index (χ4n) is 5.40. The predicted octanol–water partition coefficient (Wildman–Crippen LogP) is 7.22. The Kier molecular flexibility index (Phi) is 6.65. The zero-order valence-electron chi connectivity index (χ0n) is 20.9. The summed E-state index contributed by atoms with van der Waals surface area (Å²) in [6.07, 6.45) is 6.95. The van der Waals surface area contributed by atoms with Gasteiger partial charge in [0, 0.05) is 16.2 Å². The summed E-state index contributed by atoms with van der Waals surface area (Å²) in [6, 6.07) is 20.7. The molecule has 2 aromatic carbocycles. The number of benzene rings is 2. The fourth-order valence-corrected chi connectivity index (χ4v) is 7.37. The lowest BCUT2D eigenvalue weighted by molar-refractivity contribution is -0.130. The van der Waals surface area contributed by atoms with Crippen molar-refractivity contribution in [1.82, 2.24) is 15.0 Å². The van der Waals surface area contributed by atoms with Crippen molar-refractivity contribution in [3.8, 4) is 0 Å². The number of thioether (sulfide) groups is 1. The minimum atomic E-state index is -0.0840. The van der Waals surface area contributed by atoms with E-state index in [2.05, 4.69) is 66.3 Å². The number of amides is 1. The highest BCUT2D eigenvalue weighted by molar-refractivity contribution is 8.00. The number of aryl methyl sites for hydroxylation is 2. The number of allylic oxidation sites excluding steroid dienone is 1. The standard InChI is InChI=1S/C30H28N4OS2/c1-19-20(2)37-30-26(19)29(31-18-32-30)36-17-25(35)34-28(22-12-7-4-8-13-22)24-15-9-14-23(27(24)33-34)16-21-10-5-3-6-11-21/h3-8,10-13,16,18,24,28H,9,14-15,17H2,1-2H3/b23-16+. The lowest BCUT2D eigenvalue weighted by Crippen LogP contribution is -2.32. The van der Waals surface area contributed by atoms with Crippen LogP contribution in [0.2, 0.25) is 0 Å². The second-order valence-electron chi connectivity index (χ2n) is 9.59.